The van der Waals surface area contributed by atoms with E-state index >= 15 is 0 Å². The Morgan fingerprint density at radius 2 is 2.10 bits per heavy atom. The zero-order valence-electron chi connectivity index (χ0n) is 13.1. The molecule has 2 atom stereocenters. The Morgan fingerprint density at radius 1 is 1.33 bits per heavy atom. The third-order valence-corrected chi connectivity index (χ3v) is 4.61. The van der Waals surface area contributed by atoms with E-state index in [1.54, 1.807) is 0 Å². The molecule has 1 aliphatic rings. The van der Waals surface area contributed by atoms with Gasteiger partial charge in [-0.3, -0.25) is 4.90 Å². The molecule has 0 amide bonds. The zero-order chi connectivity index (χ0) is 14.9. The fourth-order valence-electron chi connectivity index (χ4n) is 3.06. The largest absolute Gasteiger partial charge is 0.337 e. The Bertz CT molecular complexity index is 592. The van der Waals surface area contributed by atoms with Gasteiger partial charge in [-0.05, 0) is 19.4 Å². The lowest BCUT2D eigenvalue weighted by Crippen LogP contribution is -2.60. The standard InChI is InChI=1S/C17H24N4/c1-14-11-19-17(2,15-7-5-4-6-8-15)13-21(14)12-16-18-9-10-20(16)3/h4-10,14,19H,11-13H2,1-3H3. The molecule has 0 saturated carbocycles. The van der Waals surface area contributed by atoms with Crippen LogP contribution in [-0.4, -0.2) is 33.6 Å². The van der Waals surface area contributed by atoms with E-state index in [9.17, 15) is 0 Å². The van der Waals surface area contributed by atoms with Crippen LogP contribution in [0, 0.1) is 0 Å². The quantitative estimate of drug-likeness (QED) is 0.937. The van der Waals surface area contributed by atoms with E-state index in [1.807, 2.05) is 12.4 Å². The molecule has 0 bridgehead atoms. The highest BCUT2D eigenvalue weighted by atomic mass is 15.3. The summed E-state index contributed by atoms with van der Waals surface area (Å²) >= 11 is 0. The highest BCUT2D eigenvalue weighted by molar-refractivity contribution is 5.25. The summed E-state index contributed by atoms with van der Waals surface area (Å²) in [5, 5.41) is 3.72. The minimum absolute atomic E-state index is 0.00106. The molecule has 4 heteroatoms. The van der Waals surface area contributed by atoms with Gasteiger partial charge in [0.05, 0.1) is 12.1 Å². The average Bonchev–Trinajstić information content (AvgIpc) is 2.89. The second kappa shape index (κ2) is 5.62. The molecule has 21 heavy (non-hydrogen) atoms. The van der Waals surface area contributed by atoms with Gasteiger partial charge in [0.1, 0.15) is 5.82 Å². The smallest absolute Gasteiger partial charge is 0.122 e. The third-order valence-electron chi connectivity index (χ3n) is 4.61. The second-order valence-electron chi connectivity index (χ2n) is 6.29. The molecular formula is C17H24N4. The number of rotatable bonds is 3. The summed E-state index contributed by atoms with van der Waals surface area (Å²) in [6.45, 7) is 7.45. The Morgan fingerprint density at radius 3 is 2.76 bits per heavy atom. The van der Waals surface area contributed by atoms with Gasteiger partial charge in [0, 0.05) is 38.6 Å². The van der Waals surface area contributed by atoms with Crippen LogP contribution in [-0.2, 0) is 19.1 Å². The number of aryl methyl sites for hydroxylation is 1. The van der Waals surface area contributed by atoms with Crippen molar-refractivity contribution in [1.82, 2.24) is 19.8 Å². The molecular weight excluding hydrogens is 260 g/mol. The van der Waals surface area contributed by atoms with Crippen molar-refractivity contribution in [3.05, 3.63) is 54.1 Å². The van der Waals surface area contributed by atoms with Gasteiger partial charge in [-0.15, -0.1) is 0 Å². The molecule has 112 valence electrons. The van der Waals surface area contributed by atoms with Crippen LogP contribution in [0.2, 0.25) is 0 Å². The van der Waals surface area contributed by atoms with Crippen LogP contribution in [0.15, 0.2) is 42.7 Å². The lowest BCUT2D eigenvalue weighted by molar-refractivity contribution is 0.0846. The van der Waals surface area contributed by atoms with Gasteiger partial charge in [-0.25, -0.2) is 4.98 Å². The molecule has 1 fully saturated rings. The number of aromatic nitrogens is 2. The number of piperazine rings is 1. The summed E-state index contributed by atoms with van der Waals surface area (Å²) in [4.78, 5) is 6.99. The molecule has 2 unspecified atom stereocenters. The number of nitrogens with zero attached hydrogens (tertiary/aromatic N) is 3. The summed E-state index contributed by atoms with van der Waals surface area (Å²) in [6.07, 6.45) is 3.89. The first-order valence-electron chi connectivity index (χ1n) is 7.59. The first-order chi connectivity index (χ1) is 10.1. The van der Waals surface area contributed by atoms with E-state index in [2.05, 4.69) is 71.0 Å². The molecule has 3 rings (SSSR count). The summed E-state index contributed by atoms with van der Waals surface area (Å²) in [7, 11) is 2.06. The van der Waals surface area contributed by atoms with Gasteiger partial charge >= 0.3 is 0 Å². The van der Waals surface area contributed by atoms with E-state index in [-0.39, 0.29) is 5.54 Å². The van der Waals surface area contributed by atoms with Gasteiger partial charge in [-0.2, -0.15) is 0 Å². The van der Waals surface area contributed by atoms with Crippen molar-refractivity contribution in [1.29, 1.82) is 0 Å². The lowest BCUT2D eigenvalue weighted by atomic mass is 9.88. The molecule has 0 radical (unpaired) electrons. The molecule has 2 heterocycles. The predicted molar refractivity (Wildman–Crippen MR) is 84.9 cm³/mol. The summed E-state index contributed by atoms with van der Waals surface area (Å²) in [5.41, 5.74) is 1.35. The third kappa shape index (κ3) is 2.87. The molecule has 0 aliphatic carbocycles. The topological polar surface area (TPSA) is 33.1 Å². The van der Waals surface area contributed by atoms with Gasteiger partial charge in [0.25, 0.3) is 0 Å². The fourth-order valence-corrected chi connectivity index (χ4v) is 3.06. The van der Waals surface area contributed by atoms with Crippen LogP contribution < -0.4 is 5.32 Å². The summed E-state index contributed by atoms with van der Waals surface area (Å²) < 4.78 is 2.11. The summed E-state index contributed by atoms with van der Waals surface area (Å²) in [6, 6.07) is 11.2. The molecule has 0 spiro atoms. The van der Waals surface area contributed by atoms with E-state index in [0.29, 0.717) is 6.04 Å². The Balaban J connectivity index is 1.80. The maximum Gasteiger partial charge on any atom is 0.122 e. The normalized spacial score (nSPS) is 26.9. The van der Waals surface area contributed by atoms with Crippen LogP contribution >= 0.6 is 0 Å². The number of benzene rings is 1. The van der Waals surface area contributed by atoms with E-state index in [4.69, 9.17) is 0 Å². The first-order valence-corrected chi connectivity index (χ1v) is 7.59. The highest BCUT2D eigenvalue weighted by Crippen LogP contribution is 2.27. The minimum Gasteiger partial charge on any atom is -0.337 e. The predicted octanol–water partition coefficient (Wildman–Crippen LogP) is 2.13. The van der Waals surface area contributed by atoms with Crippen LogP contribution in [0.4, 0.5) is 0 Å². The Kier molecular flexibility index (Phi) is 3.83. The van der Waals surface area contributed by atoms with Gasteiger partial charge in [0.2, 0.25) is 0 Å². The van der Waals surface area contributed by atoms with E-state index in [0.717, 1.165) is 25.5 Å². The number of hydrogen-bond acceptors (Lipinski definition) is 3. The Labute approximate surface area is 126 Å². The minimum atomic E-state index is -0.00106. The monoisotopic (exact) mass is 284 g/mol. The molecule has 2 aromatic rings. The van der Waals surface area contributed by atoms with Crippen molar-refractivity contribution in [2.75, 3.05) is 13.1 Å². The van der Waals surface area contributed by atoms with Crippen LogP contribution in [0.1, 0.15) is 25.2 Å². The molecule has 1 N–H and O–H groups in total. The van der Waals surface area contributed by atoms with Gasteiger partial charge < -0.3 is 9.88 Å². The van der Waals surface area contributed by atoms with Crippen molar-refractivity contribution < 1.29 is 0 Å². The average molecular weight is 284 g/mol. The van der Waals surface area contributed by atoms with Crippen molar-refractivity contribution >= 4 is 0 Å². The van der Waals surface area contributed by atoms with Crippen molar-refractivity contribution in [3.8, 4) is 0 Å². The van der Waals surface area contributed by atoms with Crippen molar-refractivity contribution in [2.24, 2.45) is 7.05 Å². The number of hydrogen-bond donors (Lipinski definition) is 1. The summed E-state index contributed by atoms with van der Waals surface area (Å²) in [5.74, 6) is 1.12. The second-order valence-corrected chi connectivity index (χ2v) is 6.29. The lowest BCUT2D eigenvalue weighted by Gasteiger charge is -2.45. The van der Waals surface area contributed by atoms with Crippen molar-refractivity contribution in [3.63, 3.8) is 0 Å². The molecule has 4 nitrogen and oxygen atoms in total. The maximum absolute atomic E-state index is 4.47. The number of imidazole rings is 1. The molecule has 1 saturated heterocycles. The molecule has 1 aliphatic heterocycles. The zero-order valence-corrected chi connectivity index (χ0v) is 13.1. The molecule has 1 aromatic carbocycles. The van der Waals surface area contributed by atoms with E-state index in [1.165, 1.54) is 5.56 Å². The highest BCUT2D eigenvalue weighted by Gasteiger charge is 2.35. The fraction of sp³-hybridized carbons (Fsp3) is 0.471. The van der Waals surface area contributed by atoms with Crippen LogP contribution in [0.25, 0.3) is 0 Å². The Hall–Kier alpha value is -1.65. The van der Waals surface area contributed by atoms with Gasteiger partial charge in [0.15, 0.2) is 0 Å². The van der Waals surface area contributed by atoms with Crippen LogP contribution in [0.5, 0.6) is 0 Å². The van der Waals surface area contributed by atoms with Gasteiger partial charge in [-0.1, -0.05) is 30.3 Å². The van der Waals surface area contributed by atoms with Crippen molar-refractivity contribution in [2.45, 2.75) is 32.0 Å². The van der Waals surface area contributed by atoms with E-state index < -0.39 is 0 Å². The number of nitrogens with one attached hydrogen (secondary N) is 1. The van der Waals surface area contributed by atoms with Crippen LogP contribution in [0.3, 0.4) is 0 Å². The maximum atomic E-state index is 4.47. The molecule has 1 aromatic heterocycles. The first kappa shape index (κ1) is 14.3. The SMILES string of the molecule is CC1CNC(C)(c2ccccc2)CN1Cc1nccn1C.